The fourth-order valence-electron chi connectivity index (χ4n) is 8.03. The van der Waals surface area contributed by atoms with E-state index in [1.165, 1.54) is 76.6 Å². The molecule has 242 valence electrons. The van der Waals surface area contributed by atoms with E-state index < -0.39 is 0 Å². The number of hydrogen-bond acceptors (Lipinski definition) is 2. The topological polar surface area (TPSA) is 25.8 Å². The number of hydrogen-bond donors (Lipinski definition) is 0. The predicted molar refractivity (Wildman–Crippen MR) is 219 cm³/mol. The van der Waals surface area contributed by atoms with E-state index in [-0.39, 0.29) is 0 Å². The van der Waals surface area contributed by atoms with Crippen molar-refractivity contribution in [3.05, 3.63) is 195 Å². The van der Waals surface area contributed by atoms with Gasteiger partial charge in [-0.15, -0.1) is 0 Å². The summed E-state index contributed by atoms with van der Waals surface area (Å²) in [5.74, 6) is 0. The quantitative estimate of drug-likeness (QED) is 0.172. The smallest absolute Gasteiger partial charge is 0.0708 e. The number of rotatable bonds is 5. The molecule has 2 heterocycles. The van der Waals surface area contributed by atoms with Crippen molar-refractivity contribution in [3.8, 4) is 55.8 Å². The monoisotopic (exact) mass is 660 g/mol. The van der Waals surface area contributed by atoms with Crippen LogP contribution in [0.15, 0.2) is 195 Å². The molecule has 10 rings (SSSR count). The minimum atomic E-state index is 0.978. The van der Waals surface area contributed by atoms with Gasteiger partial charge in [0.15, 0.2) is 0 Å². The molecular weight excluding hydrogens is 629 g/mol. The first kappa shape index (κ1) is 30.0. The van der Waals surface area contributed by atoms with Crippen molar-refractivity contribution in [1.82, 2.24) is 9.97 Å². The van der Waals surface area contributed by atoms with E-state index in [1.807, 2.05) is 24.7 Å². The van der Waals surface area contributed by atoms with Crippen molar-refractivity contribution in [2.24, 2.45) is 0 Å². The minimum absolute atomic E-state index is 0.978. The van der Waals surface area contributed by atoms with Crippen LogP contribution in [0.25, 0.3) is 98.9 Å². The molecule has 0 amide bonds. The summed E-state index contributed by atoms with van der Waals surface area (Å²) in [6.07, 6.45) is 5.79. The summed E-state index contributed by atoms with van der Waals surface area (Å²) < 4.78 is 0. The van der Waals surface area contributed by atoms with Gasteiger partial charge in [-0.05, 0) is 94.8 Å². The lowest BCUT2D eigenvalue weighted by Crippen LogP contribution is -1.95. The molecule has 0 unspecified atom stereocenters. The van der Waals surface area contributed by atoms with E-state index >= 15 is 0 Å². The Kier molecular flexibility index (Phi) is 7.18. The highest BCUT2D eigenvalue weighted by Crippen LogP contribution is 2.49. The van der Waals surface area contributed by atoms with Crippen LogP contribution in [0, 0.1) is 0 Å². The molecule has 2 heteroatoms. The SMILES string of the molecule is c1ccc(-c2cc(-c3c4ccccc4c(-c4ccc(-c5cc6ccccc6cn5)cc4)c4ccccc34)c3ccccc3c2-c2cccnc2)cc1. The summed E-state index contributed by atoms with van der Waals surface area (Å²) in [7, 11) is 0. The van der Waals surface area contributed by atoms with Crippen LogP contribution in [0.4, 0.5) is 0 Å². The van der Waals surface area contributed by atoms with Gasteiger partial charge >= 0.3 is 0 Å². The highest BCUT2D eigenvalue weighted by Gasteiger charge is 2.21. The van der Waals surface area contributed by atoms with Crippen LogP contribution in [0.5, 0.6) is 0 Å². The molecule has 52 heavy (non-hydrogen) atoms. The van der Waals surface area contributed by atoms with Gasteiger partial charge in [0.1, 0.15) is 0 Å². The van der Waals surface area contributed by atoms with Crippen LogP contribution in [0.2, 0.25) is 0 Å². The molecule has 2 nitrogen and oxygen atoms in total. The predicted octanol–water partition coefficient (Wildman–Crippen LogP) is 13.4. The molecule has 0 fully saturated rings. The molecular formula is C50H32N2. The van der Waals surface area contributed by atoms with Gasteiger partial charge in [-0.2, -0.15) is 0 Å². The number of aromatic nitrogens is 2. The molecule has 0 aliphatic carbocycles. The van der Waals surface area contributed by atoms with Gasteiger partial charge in [0.05, 0.1) is 5.69 Å². The molecule has 0 saturated heterocycles. The first-order valence-electron chi connectivity index (χ1n) is 17.7. The van der Waals surface area contributed by atoms with E-state index in [1.54, 1.807) is 0 Å². The fraction of sp³-hybridized carbons (Fsp3) is 0. The number of benzene rings is 8. The van der Waals surface area contributed by atoms with Gasteiger partial charge in [-0.25, -0.2) is 0 Å². The highest BCUT2D eigenvalue weighted by atomic mass is 14.7. The van der Waals surface area contributed by atoms with Crippen molar-refractivity contribution < 1.29 is 0 Å². The Morgan fingerprint density at radius 2 is 0.846 bits per heavy atom. The molecule has 0 N–H and O–H groups in total. The normalized spacial score (nSPS) is 11.5. The Morgan fingerprint density at radius 3 is 1.50 bits per heavy atom. The second-order valence-corrected chi connectivity index (χ2v) is 13.3. The lowest BCUT2D eigenvalue weighted by atomic mass is 9.81. The Hall–Kier alpha value is -6.90. The van der Waals surface area contributed by atoms with Gasteiger partial charge in [0, 0.05) is 35.1 Å². The fourth-order valence-corrected chi connectivity index (χ4v) is 8.03. The average molecular weight is 661 g/mol. The number of pyridine rings is 2. The van der Waals surface area contributed by atoms with Crippen LogP contribution in [0.3, 0.4) is 0 Å². The molecule has 0 spiro atoms. The van der Waals surface area contributed by atoms with E-state index in [9.17, 15) is 0 Å². The van der Waals surface area contributed by atoms with E-state index in [4.69, 9.17) is 4.98 Å². The maximum atomic E-state index is 4.80. The van der Waals surface area contributed by atoms with Crippen LogP contribution >= 0.6 is 0 Å². The Balaban J connectivity index is 1.23. The van der Waals surface area contributed by atoms with E-state index in [2.05, 4.69) is 175 Å². The molecule has 0 radical (unpaired) electrons. The summed E-state index contributed by atoms with van der Waals surface area (Å²) >= 11 is 0. The van der Waals surface area contributed by atoms with Crippen LogP contribution < -0.4 is 0 Å². The van der Waals surface area contributed by atoms with Crippen molar-refractivity contribution in [3.63, 3.8) is 0 Å². The zero-order valence-corrected chi connectivity index (χ0v) is 28.4. The molecule has 0 saturated carbocycles. The Bertz CT molecular complexity index is 2870. The van der Waals surface area contributed by atoms with Gasteiger partial charge in [-0.1, -0.05) is 158 Å². The third-order valence-corrected chi connectivity index (χ3v) is 10.4. The molecule has 0 aliphatic heterocycles. The summed E-state index contributed by atoms with van der Waals surface area (Å²) in [6.45, 7) is 0. The van der Waals surface area contributed by atoms with Crippen LogP contribution in [-0.4, -0.2) is 9.97 Å². The largest absolute Gasteiger partial charge is 0.264 e. The van der Waals surface area contributed by atoms with Crippen molar-refractivity contribution in [2.45, 2.75) is 0 Å². The molecule has 10 aromatic rings. The Morgan fingerprint density at radius 1 is 0.308 bits per heavy atom. The second kappa shape index (κ2) is 12.5. The molecule has 2 aromatic heterocycles. The molecule has 8 aromatic carbocycles. The van der Waals surface area contributed by atoms with Crippen LogP contribution in [0.1, 0.15) is 0 Å². The third kappa shape index (κ3) is 4.96. The number of nitrogens with zero attached hydrogens (tertiary/aromatic N) is 2. The van der Waals surface area contributed by atoms with Crippen molar-refractivity contribution >= 4 is 43.1 Å². The third-order valence-electron chi connectivity index (χ3n) is 10.4. The summed E-state index contributed by atoms with van der Waals surface area (Å²) in [5, 5.41) is 9.70. The summed E-state index contributed by atoms with van der Waals surface area (Å²) in [5.41, 5.74) is 11.7. The standard InChI is InChI=1S/C50H32N2/c1-2-13-33(14-3-1)45-30-46(39-18-6-7-19-40(39)49(45)38-17-12-28-51-31-38)50-43-22-10-8-20-41(43)48(42-21-9-11-23-44(42)50)35-26-24-34(25-27-35)47-29-36-15-4-5-16-37(36)32-52-47/h1-32H. The number of fused-ring (bicyclic) bond motifs is 4. The molecule has 0 atom stereocenters. The maximum Gasteiger partial charge on any atom is 0.0708 e. The van der Waals surface area contributed by atoms with Gasteiger partial charge < -0.3 is 0 Å². The highest BCUT2D eigenvalue weighted by molar-refractivity contribution is 6.25. The van der Waals surface area contributed by atoms with Crippen molar-refractivity contribution in [1.29, 1.82) is 0 Å². The minimum Gasteiger partial charge on any atom is -0.264 e. The first-order chi connectivity index (χ1) is 25.8. The molecule has 0 aliphatic rings. The lowest BCUT2D eigenvalue weighted by Gasteiger charge is -2.22. The van der Waals surface area contributed by atoms with E-state index in [0.29, 0.717) is 0 Å². The molecule has 0 bridgehead atoms. The average Bonchev–Trinajstić information content (AvgIpc) is 3.23. The summed E-state index contributed by atoms with van der Waals surface area (Å²) in [4.78, 5) is 9.34. The van der Waals surface area contributed by atoms with Gasteiger partial charge in [-0.3, -0.25) is 9.97 Å². The van der Waals surface area contributed by atoms with E-state index in [0.717, 1.165) is 22.2 Å². The van der Waals surface area contributed by atoms with Crippen molar-refractivity contribution in [2.75, 3.05) is 0 Å². The van der Waals surface area contributed by atoms with Crippen LogP contribution in [-0.2, 0) is 0 Å². The Labute approximate surface area is 302 Å². The first-order valence-corrected chi connectivity index (χ1v) is 17.7. The maximum absolute atomic E-state index is 4.80. The lowest BCUT2D eigenvalue weighted by molar-refractivity contribution is 1.33. The summed E-state index contributed by atoms with van der Waals surface area (Å²) in [6, 6.07) is 63.5. The zero-order chi connectivity index (χ0) is 34.4. The van der Waals surface area contributed by atoms with Gasteiger partial charge in [0.2, 0.25) is 0 Å². The second-order valence-electron chi connectivity index (χ2n) is 13.3. The zero-order valence-electron chi connectivity index (χ0n) is 28.4. The van der Waals surface area contributed by atoms with Gasteiger partial charge in [0.25, 0.3) is 0 Å².